The van der Waals surface area contributed by atoms with E-state index in [1.54, 1.807) is 11.8 Å². The van der Waals surface area contributed by atoms with Crippen LogP contribution in [-0.2, 0) is 26.7 Å². The average Bonchev–Trinajstić information content (AvgIpc) is 4.10. The van der Waals surface area contributed by atoms with Crippen molar-refractivity contribution in [3.05, 3.63) is 77.6 Å². The van der Waals surface area contributed by atoms with E-state index in [1.165, 1.54) is 21.6 Å². The van der Waals surface area contributed by atoms with Gasteiger partial charge in [-0.2, -0.15) is 0 Å². The van der Waals surface area contributed by atoms with E-state index in [-0.39, 0.29) is 30.8 Å². The van der Waals surface area contributed by atoms with Gasteiger partial charge in [-0.05, 0) is 104 Å². The minimum Gasteiger partial charge on any atom is -0.490 e. The van der Waals surface area contributed by atoms with Gasteiger partial charge in [-0.25, -0.2) is 8.42 Å². The Balaban J connectivity index is 1.16. The second-order valence-corrected chi connectivity index (χ2v) is 17.7. The molecule has 6 N–H and O–H groups in total. The average molecular weight is 772 g/mol. The number of thioether (sulfide) groups is 1. The number of hydrogen-bond donors (Lipinski definition) is 6. The number of amides is 1. The number of aliphatic hydroxyl groups excluding tert-OH is 5. The van der Waals surface area contributed by atoms with Gasteiger partial charge in [0.05, 0.1) is 18.5 Å². The molecule has 3 aromatic rings. The summed E-state index contributed by atoms with van der Waals surface area (Å²) in [5.74, 6) is 0.617. The normalized spacial score (nSPS) is 17.5. The van der Waals surface area contributed by atoms with Gasteiger partial charge < -0.3 is 40.5 Å². The summed E-state index contributed by atoms with van der Waals surface area (Å²) in [4.78, 5) is 20.0. The molecule has 290 valence electrons. The molecule has 0 saturated heterocycles. The van der Waals surface area contributed by atoms with Gasteiger partial charge in [0.2, 0.25) is 0 Å². The zero-order valence-electron chi connectivity index (χ0n) is 30.4. The van der Waals surface area contributed by atoms with Crippen molar-refractivity contribution in [2.75, 3.05) is 37.5 Å². The van der Waals surface area contributed by atoms with E-state index in [4.69, 9.17) is 9.84 Å². The fourth-order valence-electron chi connectivity index (χ4n) is 6.33. The van der Waals surface area contributed by atoms with Gasteiger partial charge >= 0.3 is 0 Å². The monoisotopic (exact) mass is 771 g/mol. The molecule has 12 nitrogen and oxygen atoms in total. The number of carbonyl (C=O) groups excluding carboxylic acids is 1. The molecule has 2 aliphatic carbocycles. The van der Waals surface area contributed by atoms with Crippen LogP contribution in [0.3, 0.4) is 0 Å². The maximum absolute atomic E-state index is 13.1. The van der Waals surface area contributed by atoms with Gasteiger partial charge in [-0.3, -0.25) is 9.78 Å². The number of benzene rings is 2. The summed E-state index contributed by atoms with van der Waals surface area (Å²) in [7, 11) is -3.28. The Hall–Kier alpha value is -3.08. The molecule has 2 fully saturated rings. The van der Waals surface area contributed by atoms with Crippen LogP contribution >= 0.6 is 11.8 Å². The zero-order valence-corrected chi connectivity index (χ0v) is 32.1. The van der Waals surface area contributed by atoms with Crippen LogP contribution in [0.4, 0.5) is 0 Å². The number of hydrogen-bond acceptors (Lipinski definition) is 12. The molecule has 14 heteroatoms. The molecule has 1 amide bonds. The van der Waals surface area contributed by atoms with Crippen LogP contribution in [0.1, 0.15) is 61.6 Å². The first-order valence-electron chi connectivity index (χ1n) is 18.3. The molecule has 0 radical (unpaired) electrons. The summed E-state index contributed by atoms with van der Waals surface area (Å²) in [6.45, 7) is 2.16. The van der Waals surface area contributed by atoms with E-state index in [0.29, 0.717) is 25.5 Å². The summed E-state index contributed by atoms with van der Waals surface area (Å²) < 4.78 is 29.6. The Morgan fingerprint density at radius 3 is 2.45 bits per heavy atom. The van der Waals surface area contributed by atoms with Crippen molar-refractivity contribution in [2.45, 2.75) is 99.4 Å². The number of unbranched alkanes of at least 4 members (excludes halogenated alkanes) is 1. The Morgan fingerprint density at radius 1 is 1.02 bits per heavy atom. The standard InChI is InChI=1S/C39H53N3O9S2/c1-26-10-13-29(52-20-6-5-18-42(19-7-21-53(2,49)50)38(48)37(47)36(46)35(45)33(44)25-43)22-27(26)23-41-39(15-16-39)32-24-40-17-14-30(32)31-8-3-4-9-34(31)51-28-11-12-28/h3-4,8-10,13-14,17,22,24,28,33,35-37,41,43-47H,5-7,11-12,15-16,18-21,23,25H2,1-2H3/t33-,35+,36-,37-/m0/s1. The van der Waals surface area contributed by atoms with E-state index in [9.17, 15) is 33.6 Å². The Kier molecular flexibility index (Phi) is 14.3. The second-order valence-electron chi connectivity index (χ2n) is 14.3. The zero-order chi connectivity index (χ0) is 38.2. The molecular weight excluding hydrogens is 719 g/mol. The molecule has 5 rings (SSSR count). The fraction of sp³-hybridized carbons (Fsp3) is 0.538. The predicted molar refractivity (Wildman–Crippen MR) is 204 cm³/mol. The maximum atomic E-state index is 13.1. The van der Waals surface area contributed by atoms with E-state index < -0.39 is 46.8 Å². The third-order valence-electron chi connectivity index (χ3n) is 9.87. The first kappa shape index (κ1) is 41.1. The van der Waals surface area contributed by atoms with E-state index in [1.807, 2.05) is 30.6 Å². The third-order valence-corrected chi connectivity index (χ3v) is 12.0. The number of nitrogens with one attached hydrogen (secondary N) is 1. The Labute approximate surface area is 316 Å². The van der Waals surface area contributed by atoms with Crippen molar-refractivity contribution in [2.24, 2.45) is 0 Å². The second kappa shape index (κ2) is 18.5. The molecule has 0 spiro atoms. The van der Waals surface area contributed by atoms with E-state index >= 15 is 0 Å². The third kappa shape index (κ3) is 11.5. The Morgan fingerprint density at radius 2 is 1.75 bits per heavy atom. The van der Waals surface area contributed by atoms with Crippen LogP contribution < -0.4 is 10.1 Å². The van der Waals surface area contributed by atoms with Gasteiger partial charge in [0.25, 0.3) is 5.91 Å². The number of aryl methyl sites for hydroxylation is 1. The summed E-state index contributed by atoms with van der Waals surface area (Å²) in [5.41, 5.74) is 5.63. The largest absolute Gasteiger partial charge is 0.490 e. The van der Waals surface area contributed by atoms with Crippen LogP contribution in [0, 0.1) is 6.92 Å². The van der Waals surface area contributed by atoms with Crippen molar-refractivity contribution >= 4 is 27.5 Å². The SMILES string of the molecule is Cc1ccc(SCCCCN(CCCS(C)(=O)=O)C(=O)[C@@H](O)[C@@H](O)[C@H](O)[C@@H](O)CO)cc1CNC1(c2cnccc2-c2ccccc2OC2CC2)CC1. The molecule has 2 aliphatic rings. The number of rotatable bonds is 22. The Bertz CT molecular complexity index is 1790. The minimum atomic E-state index is -3.28. The predicted octanol–water partition coefficient (Wildman–Crippen LogP) is 2.95. The lowest BCUT2D eigenvalue weighted by atomic mass is 9.94. The highest BCUT2D eigenvalue weighted by atomic mass is 32.2. The van der Waals surface area contributed by atoms with E-state index in [2.05, 4.69) is 47.6 Å². The number of aliphatic hydroxyl groups is 5. The first-order chi connectivity index (χ1) is 25.3. The number of para-hydroxylation sites is 1. The van der Waals surface area contributed by atoms with Crippen molar-refractivity contribution in [1.82, 2.24) is 15.2 Å². The van der Waals surface area contributed by atoms with Crippen molar-refractivity contribution in [3.8, 4) is 16.9 Å². The lowest BCUT2D eigenvalue weighted by Gasteiger charge is -2.30. The molecule has 1 heterocycles. The van der Waals surface area contributed by atoms with Gasteiger partial charge in [-0.1, -0.05) is 24.3 Å². The van der Waals surface area contributed by atoms with Gasteiger partial charge in [0, 0.05) is 54.3 Å². The highest BCUT2D eigenvalue weighted by molar-refractivity contribution is 7.99. The number of ether oxygens (including phenoxy) is 1. The van der Waals surface area contributed by atoms with Crippen LogP contribution in [0.25, 0.3) is 11.1 Å². The van der Waals surface area contributed by atoms with Crippen LogP contribution in [-0.4, -0.2) is 118 Å². The summed E-state index contributed by atoms with van der Waals surface area (Å²) in [5, 5.41) is 53.3. The topological polar surface area (TPSA) is 190 Å². The molecule has 1 aromatic heterocycles. The number of pyridine rings is 1. The quantitative estimate of drug-likeness (QED) is 0.0649. The fourth-order valence-corrected chi connectivity index (χ4v) is 7.95. The number of sulfone groups is 1. The molecule has 0 aliphatic heterocycles. The maximum Gasteiger partial charge on any atom is 0.254 e. The molecule has 0 bridgehead atoms. The van der Waals surface area contributed by atoms with Gasteiger partial charge in [-0.15, -0.1) is 11.8 Å². The first-order valence-corrected chi connectivity index (χ1v) is 21.3. The van der Waals surface area contributed by atoms with Crippen LogP contribution in [0.2, 0.25) is 0 Å². The summed E-state index contributed by atoms with van der Waals surface area (Å²) in [6, 6.07) is 16.7. The highest BCUT2D eigenvalue weighted by Crippen LogP contribution is 2.50. The van der Waals surface area contributed by atoms with Crippen molar-refractivity contribution in [3.63, 3.8) is 0 Å². The molecule has 2 saturated carbocycles. The van der Waals surface area contributed by atoms with Crippen molar-refractivity contribution in [1.29, 1.82) is 0 Å². The van der Waals surface area contributed by atoms with Gasteiger partial charge in [0.15, 0.2) is 6.10 Å². The van der Waals surface area contributed by atoms with Crippen LogP contribution in [0.5, 0.6) is 5.75 Å². The van der Waals surface area contributed by atoms with Gasteiger partial charge in [0.1, 0.15) is 33.9 Å². The summed E-state index contributed by atoms with van der Waals surface area (Å²) in [6.07, 6.45) is 3.05. The highest BCUT2D eigenvalue weighted by Gasteiger charge is 2.46. The van der Waals surface area contributed by atoms with Crippen LogP contribution in [0.15, 0.2) is 65.8 Å². The van der Waals surface area contributed by atoms with Crippen molar-refractivity contribution < 1.29 is 43.5 Å². The molecule has 2 aromatic carbocycles. The molecule has 53 heavy (non-hydrogen) atoms. The van der Waals surface area contributed by atoms with E-state index in [0.717, 1.165) is 59.5 Å². The number of nitrogens with zero attached hydrogens (tertiary/aromatic N) is 2. The molecular formula is C39H53N3O9S2. The summed E-state index contributed by atoms with van der Waals surface area (Å²) >= 11 is 1.69. The minimum absolute atomic E-state index is 0.0264. The smallest absolute Gasteiger partial charge is 0.254 e. The molecule has 4 atom stereocenters. The number of carbonyl (C=O) groups is 1. The lowest BCUT2D eigenvalue weighted by Crippen LogP contribution is -2.53. The number of aromatic nitrogens is 1. The molecule has 0 unspecified atom stereocenters. The lowest BCUT2D eigenvalue weighted by molar-refractivity contribution is -0.158.